The third kappa shape index (κ3) is 8.60. The van der Waals surface area contributed by atoms with Gasteiger partial charge in [-0.15, -0.1) is 11.8 Å². The highest BCUT2D eigenvalue weighted by molar-refractivity contribution is 8.00. The van der Waals surface area contributed by atoms with E-state index in [1.807, 2.05) is 100 Å². The maximum Gasteiger partial charge on any atom is 0.410 e. The average molecular weight is 564 g/mol. The van der Waals surface area contributed by atoms with Gasteiger partial charge in [0.2, 0.25) is 0 Å². The highest BCUT2D eigenvalue weighted by atomic mass is 32.2. The standard InChI is InChI=1S/C33H41NO5S/c1-22(2)40-29-21-27(17-18-28(29)31(36)38-7)25-15-13-24(14-16-25)19-20-34(32(37)39-33(4,5)6)23(3)30(35)26-11-9-8-10-12-26/h8-18,21-23,30,35H,19-20H2,1-7H3/t23-,30-/m0/s1. The summed E-state index contributed by atoms with van der Waals surface area (Å²) in [6, 6.07) is 22.8. The topological polar surface area (TPSA) is 76.1 Å². The van der Waals surface area contributed by atoms with Gasteiger partial charge in [0.05, 0.1) is 24.8 Å². The van der Waals surface area contributed by atoms with Crippen molar-refractivity contribution in [2.24, 2.45) is 0 Å². The Morgan fingerprint density at radius 3 is 2.12 bits per heavy atom. The molecule has 1 N–H and O–H groups in total. The first kappa shape index (κ1) is 31.2. The molecule has 7 heteroatoms. The highest BCUT2D eigenvalue weighted by Crippen LogP contribution is 2.32. The van der Waals surface area contributed by atoms with Gasteiger partial charge in [0.25, 0.3) is 0 Å². The number of rotatable bonds is 10. The Bertz CT molecular complexity index is 1270. The Morgan fingerprint density at radius 2 is 1.55 bits per heavy atom. The number of carbonyl (C=O) groups is 2. The van der Waals surface area contributed by atoms with Gasteiger partial charge in [0.15, 0.2) is 0 Å². The van der Waals surface area contributed by atoms with Crippen molar-refractivity contribution < 1.29 is 24.2 Å². The molecule has 0 aliphatic carbocycles. The fraction of sp³-hybridized carbons (Fsp3) is 0.394. The number of nitrogens with zero attached hydrogens (tertiary/aromatic N) is 1. The zero-order valence-electron chi connectivity index (χ0n) is 24.5. The molecule has 0 aliphatic heterocycles. The lowest BCUT2D eigenvalue weighted by molar-refractivity contribution is -0.00239. The number of benzene rings is 3. The third-order valence-corrected chi connectivity index (χ3v) is 7.46. The van der Waals surface area contributed by atoms with E-state index < -0.39 is 23.8 Å². The van der Waals surface area contributed by atoms with Gasteiger partial charge in [-0.2, -0.15) is 0 Å². The molecule has 3 aromatic rings. The van der Waals surface area contributed by atoms with Crippen LogP contribution < -0.4 is 0 Å². The van der Waals surface area contributed by atoms with E-state index in [1.165, 1.54) is 7.11 Å². The molecule has 0 unspecified atom stereocenters. The summed E-state index contributed by atoms with van der Waals surface area (Å²) in [5, 5.41) is 11.3. The zero-order chi connectivity index (χ0) is 29.4. The van der Waals surface area contributed by atoms with Crippen LogP contribution in [0.3, 0.4) is 0 Å². The van der Waals surface area contributed by atoms with Crippen LogP contribution in [0.25, 0.3) is 11.1 Å². The van der Waals surface area contributed by atoms with E-state index in [1.54, 1.807) is 16.7 Å². The molecule has 1 amide bonds. The monoisotopic (exact) mass is 563 g/mol. The number of carbonyl (C=O) groups excluding carboxylic acids is 2. The van der Waals surface area contributed by atoms with Crippen LogP contribution in [0.4, 0.5) is 4.79 Å². The normalized spacial score (nSPS) is 13.0. The van der Waals surface area contributed by atoms with E-state index in [0.717, 1.165) is 27.1 Å². The first-order valence-corrected chi connectivity index (χ1v) is 14.5. The number of thioether (sulfide) groups is 1. The van der Waals surface area contributed by atoms with Crippen LogP contribution in [0.15, 0.2) is 77.7 Å². The molecule has 214 valence electrons. The lowest BCUT2D eigenvalue weighted by Crippen LogP contribution is -2.45. The third-order valence-electron chi connectivity index (χ3n) is 6.40. The van der Waals surface area contributed by atoms with E-state index in [4.69, 9.17) is 9.47 Å². The van der Waals surface area contributed by atoms with E-state index in [0.29, 0.717) is 23.8 Å². The number of esters is 1. The van der Waals surface area contributed by atoms with Gasteiger partial charge >= 0.3 is 12.1 Å². The maximum atomic E-state index is 13.2. The van der Waals surface area contributed by atoms with Crippen molar-refractivity contribution >= 4 is 23.8 Å². The summed E-state index contributed by atoms with van der Waals surface area (Å²) in [5.41, 5.74) is 3.77. The lowest BCUT2D eigenvalue weighted by atomic mass is 10.0. The van der Waals surface area contributed by atoms with Crippen LogP contribution in [0.1, 0.15) is 69.1 Å². The molecule has 0 fully saturated rings. The lowest BCUT2D eigenvalue weighted by Gasteiger charge is -2.34. The van der Waals surface area contributed by atoms with Crippen molar-refractivity contribution in [1.82, 2.24) is 4.90 Å². The van der Waals surface area contributed by atoms with Crippen LogP contribution in [-0.2, 0) is 15.9 Å². The Balaban J connectivity index is 1.79. The summed E-state index contributed by atoms with van der Waals surface area (Å²) in [5.74, 6) is -0.341. The smallest absolute Gasteiger partial charge is 0.410 e. The van der Waals surface area contributed by atoms with Crippen molar-refractivity contribution in [2.45, 2.75) is 75.9 Å². The minimum atomic E-state index is -0.845. The number of hydrogen-bond acceptors (Lipinski definition) is 6. The predicted molar refractivity (Wildman–Crippen MR) is 162 cm³/mol. The Morgan fingerprint density at radius 1 is 0.925 bits per heavy atom. The number of hydrogen-bond donors (Lipinski definition) is 1. The quantitative estimate of drug-likeness (QED) is 0.203. The Hall–Kier alpha value is -3.29. The van der Waals surface area contributed by atoms with Gasteiger partial charge in [0.1, 0.15) is 5.60 Å². The molecule has 3 aromatic carbocycles. The Kier molecular flexibility index (Phi) is 10.8. The molecule has 0 heterocycles. The first-order chi connectivity index (χ1) is 18.9. The van der Waals surface area contributed by atoms with Gasteiger partial charge in [-0.05, 0) is 68.5 Å². The second-order valence-corrected chi connectivity index (χ2v) is 12.7. The molecule has 0 aromatic heterocycles. The molecule has 40 heavy (non-hydrogen) atoms. The van der Waals surface area contributed by atoms with Crippen LogP contribution in [-0.4, -0.2) is 52.6 Å². The molecule has 0 saturated carbocycles. The molecule has 3 rings (SSSR count). The van der Waals surface area contributed by atoms with Gasteiger partial charge in [0, 0.05) is 16.7 Å². The minimum Gasteiger partial charge on any atom is -0.465 e. The molecule has 0 bridgehead atoms. The van der Waals surface area contributed by atoms with Crippen LogP contribution >= 0.6 is 11.8 Å². The summed E-state index contributed by atoms with van der Waals surface area (Å²) in [6.45, 7) is 11.9. The predicted octanol–water partition coefficient (Wildman–Crippen LogP) is 7.54. The van der Waals surface area contributed by atoms with Crippen LogP contribution in [0.5, 0.6) is 0 Å². The van der Waals surface area contributed by atoms with Crippen molar-refractivity contribution in [3.8, 4) is 11.1 Å². The summed E-state index contributed by atoms with van der Waals surface area (Å²) < 4.78 is 10.6. The molecule has 0 radical (unpaired) electrons. The minimum absolute atomic E-state index is 0.316. The molecular formula is C33H41NO5S. The molecule has 6 nitrogen and oxygen atoms in total. The van der Waals surface area contributed by atoms with E-state index in [2.05, 4.69) is 13.8 Å². The number of aliphatic hydroxyl groups excluding tert-OH is 1. The summed E-state index contributed by atoms with van der Waals surface area (Å²) in [4.78, 5) is 27.9. The average Bonchev–Trinajstić information content (AvgIpc) is 2.91. The van der Waals surface area contributed by atoms with Crippen LogP contribution in [0, 0.1) is 0 Å². The maximum absolute atomic E-state index is 13.2. The summed E-state index contributed by atoms with van der Waals surface area (Å²) >= 11 is 1.63. The van der Waals surface area contributed by atoms with Gasteiger partial charge in [-0.3, -0.25) is 0 Å². The van der Waals surface area contributed by atoms with Crippen LogP contribution in [0.2, 0.25) is 0 Å². The van der Waals surface area contributed by atoms with E-state index in [9.17, 15) is 14.7 Å². The molecule has 0 spiro atoms. The highest BCUT2D eigenvalue weighted by Gasteiger charge is 2.30. The Labute approximate surface area is 242 Å². The van der Waals surface area contributed by atoms with Gasteiger partial charge < -0.3 is 19.5 Å². The SMILES string of the molecule is COC(=O)c1ccc(-c2ccc(CCN(C(=O)OC(C)(C)C)[C@@H](C)[C@H](O)c3ccccc3)cc2)cc1SC(C)C. The number of amides is 1. The van der Waals surface area contributed by atoms with Gasteiger partial charge in [-0.1, -0.05) is 74.5 Å². The number of methoxy groups -OCH3 is 1. The van der Waals surface area contributed by atoms with Crippen molar-refractivity contribution in [2.75, 3.05) is 13.7 Å². The number of aliphatic hydroxyl groups is 1. The second-order valence-electron chi connectivity index (χ2n) is 11.1. The molecular weight excluding hydrogens is 522 g/mol. The molecule has 2 atom stereocenters. The van der Waals surface area contributed by atoms with Crippen molar-refractivity contribution in [3.05, 3.63) is 89.5 Å². The molecule has 0 saturated heterocycles. The first-order valence-electron chi connectivity index (χ1n) is 13.6. The number of ether oxygens (including phenoxy) is 2. The fourth-order valence-electron chi connectivity index (χ4n) is 4.33. The van der Waals surface area contributed by atoms with Crippen molar-refractivity contribution in [3.63, 3.8) is 0 Å². The zero-order valence-corrected chi connectivity index (χ0v) is 25.3. The second kappa shape index (κ2) is 13.9. The summed E-state index contributed by atoms with van der Waals surface area (Å²) in [6.07, 6.45) is -0.698. The van der Waals surface area contributed by atoms with Gasteiger partial charge in [-0.25, -0.2) is 9.59 Å². The van der Waals surface area contributed by atoms with E-state index >= 15 is 0 Å². The van der Waals surface area contributed by atoms with Crippen molar-refractivity contribution in [1.29, 1.82) is 0 Å². The van der Waals surface area contributed by atoms with E-state index in [-0.39, 0.29) is 5.97 Å². The largest absolute Gasteiger partial charge is 0.465 e. The summed E-state index contributed by atoms with van der Waals surface area (Å²) in [7, 11) is 1.39. The fourth-order valence-corrected chi connectivity index (χ4v) is 5.31. The molecule has 0 aliphatic rings.